The van der Waals surface area contributed by atoms with Crippen LogP contribution in [0.1, 0.15) is 41.9 Å². The average molecular weight is 437 g/mol. The van der Waals surface area contributed by atoms with E-state index in [1.165, 1.54) is 22.5 Å². The highest BCUT2D eigenvalue weighted by molar-refractivity contribution is 7.93. The third-order valence-electron chi connectivity index (χ3n) is 5.77. The SMILES string of the molecule is O=S(=O)(C1=Cc2ccc(OC(F)F)cc2CC1)N1CCC(c2ccccc2F)CC1. The number of sulfonamides is 1. The van der Waals surface area contributed by atoms with Crippen molar-refractivity contribution < 1.29 is 26.3 Å². The molecular formula is C22H22F3NO3S. The van der Waals surface area contributed by atoms with E-state index < -0.39 is 16.6 Å². The van der Waals surface area contributed by atoms with Crippen LogP contribution in [0.3, 0.4) is 0 Å². The van der Waals surface area contributed by atoms with Crippen molar-refractivity contribution in [2.24, 2.45) is 0 Å². The molecule has 160 valence electrons. The van der Waals surface area contributed by atoms with Crippen LogP contribution in [0.4, 0.5) is 13.2 Å². The summed E-state index contributed by atoms with van der Waals surface area (Å²) in [4.78, 5) is 0.321. The van der Waals surface area contributed by atoms with Crippen molar-refractivity contribution in [3.05, 3.63) is 69.9 Å². The van der Waals surface area contributed by atoms with E-state index in [4.69, 9.17) is 0 Å². The third kappa shape index (κ3) is 4.25. The Morgan fingerprint density at radius 2 is 1.77 bits per heavy atom. The second-order valence-electron chi connectivity index (χ2n) is 7.55. The summed E-state index contributed by atoms with van der Waals surface area (Å²) in [5, 5.41) is 0. The lowest BCUT2D eigenvalue weighted by Crippen LogP contribution is -2.39. The Balaban J connectivity index is 1.48. The smallest absolute Gasteiger partial charge is 0.387 e. The summed E-state index contributed by atoms with van der Waals surface area (Å²) in [5.41, 5.74) is 2.12. The topological polar surface area (TPSA) is 46.6 Å². The normalized spacial score (nSPS) is 18.2. The number of fused-ring (bicyclic) bond motifs is 1. The number of hydrogen-bond donors (Lipinski definition) is 0. The van der Waals surface area contributed by atoms with Crippen molar-refractivity contribution in [3.63, 3.8) is 0 Å². The largest absolute Gasteiger partial charge is 0.435 e. The molecule has 1 saturated heterocycles. The van der Waals surface area contributed by atoms with E-state index in [1.807, 2.05) is 0 Å². The summed E-state index contributed by atoms with van der Waals surface area (Å²) in [6.07, 6.45) is 3.49. The number of rotatable bonds is 5. The van der Waals surface area contributed by atoms with E-state index >= 15 is 0 Å². The molecule has 2 aliphatic rings. The van der Waals surface area contributed by atoms with Crippen molar-refractivity contribution in [1.82, 2.24) is 4.31 Å². The monoisotopic (exact) mass is 437 g/mol. The van der Waals surface area contributed by atoms with Gasteiger partial charge in [0.05, 0.1) is 4.91 Å². The molecule has 8 heteroatoms. The van der Waals surface area contributed by atoms with Crippen molar-refractivity contribution in [2.75, 3.05) is 13.1 Å². The highest BCUT2D eigenvalue weighted by atomic mass is 32.2. The number of nitrogens with zero attached hydrogens (tertiary/aromatic N) is 1. The van der Waals surface area contributed by atoms with Crippen LogP contribution < -0.4 is 4.74 Å². The Labute approximate surface area is 174 Å². The maximum atomic E-state index is 14.0. The molecule has 2 aromatic carbocycles. The fourth-order valence-corrected chi connectivity index (χ4v) is 5.86. The number of alkyl halides is 2. The molecule has 0 N–H and O–H groups in total. The molecule has 0 aromatic heterocycles. The Hall–Kier alpha value is -2.32. The summed E-state index contributed by atoms with van der Waals surface area (Å²) in [6, 6.07) is 11.2. The predicted molar refractivity (Wildman–Crippen MR) is 108 cm³/mol. The molecule has 0 atom stereocenters. The molecule has 0 amide bonds. The van der Waals surface area contributed by atoms with Crippen LogP contribution >= 0.6 is 0 Å². The zero-order valence-corrected chi connectivity index (χ0v) is 17.0. The minimum absolute atomic E-state index is 0.00645. The Bertz CT molecular complexity index is 1060. The maximum absolute atomic E-state index is 14.0. The minimum atomic E-state index is -3.62. The van der Waals surface area contributed by atoms with Gasteiger partial charge >= 0.3 is 6.61 Å². The number of hydrogen-bond acceptors (Lipinski definition) is 3. The van der Waals surface area contributed by atoms with Crippen molar-refractivity contribution in [2.45, 2.75) is 38.2 Å². The molecule has 0 saturated carbocycles. The van der Waals surface area contributed by atoms with E-state index in [9.17, 15) is 21.6 Å². The van der Waals surface area contributed by atoms with Gasteiger partial charge < -0.3 is 4.74 Å². The molecule has 1 aliphatic carbocycles. The molecule has 1 fully saturated rings. The summed E-state index contributed by atoms with van der Waals surface area (Å²) in [7, 11) is -3.62. The first kappa shape index (κ1) is 20.9. The van der Waals surface area contributed by atoms with Gasteiger partial charge in [-0.3, -0.25) is 0 Å². The zero-order chi connectivity index (χ0) is 21.3. The molecule has 30 heavy (non-hydrogen) atoms. The van der Waals surface area contributed by atoms with Crippen LogP contribution in [0.25, 0.3) is 6.08 Å². The number of allylic oxidation sites excluding steroid dienone is 1. The first-order valence-electron chi connectivity index (χ1n) is 9.87. The molecule has 0 bridgehead atoms. The summed E-state index contributed by atoms with van der Waals surface area (Å²) >= 11 is 0. The van der Waals surface area contributed by atoms with Gasteiger partial charge in [0, 0.05) is 13.1 Å². The number of benzene rings is 2. The third-order valence-corrected chi connectivity index (χ3v) is 7.80. The summed E-state index contributed by atoms with van der Waals surface area (Å²) < 4.78 is 71.0. The predicted octanol–water partition coefficient (Wildman–Crippen LogP) is 4.92. The van der Waals surface area contributed by atoms with Gasteiger partial charge in [-0.15, -0.1) is 0 Å². The number of ether oxygens (including phenoxy) is 1. The number of halogens is 3. The van der Waals surface area contributed by atoms with Gasteiger partial charge in [-0.05, 0) is 72.6 Å². The minimum Gasteiger partial charge on any atom is -0.435 e. The lowest BCUT2D eigenvalue weighted by atomic mass is 9.90. The first-order valence-corrected chi connectivity index (χ1v) is 11.3. The van der Waals surface area contributed by atoms with Gasteiger partial charge in [-0.25, -0.2) is 12.8 Å². The molecule has 1 heterocycles. The van der Waals surface area contributed by atoms with Crippen LogP contribution in [0, 0.1) is 5.82 Å². The van der Waals surface area contributed by atoms with Gasteiger partial charge in [-0.1, -0.05) is 24.3 Å². The Morgan fingerprint density at radius 1 is 1.03 bits per heavy atom. The highest BCUT2D eigenvalue weighted by Gasteiger charge is 2.33. The fourth-order valence-electron chi connectivity index (χ4n) is 4.20. The van der Waals surface area contributed by atoms with E-state index in [-0.39, 0.29) is 17.5 Å². The van der Waals surface area contributed by atoms with Gasteiger partial charge in [0.25, 0.3) is 0 Å². The zero-order valence-electron chi connectivity index (χ0n) is 16.2. The van der Waals surface area contributed by atoms with Gasteiger partial charge in [0.2, 0.25) is 10.0 Å². The van der Waals surface area contributed by atoms with E-state index in [1.54, 1.807) is 30.3 Å². The standard InChI is InChI=1S/C22H22F3NO3S/c23-21-4-2-1-3-20(21)15-9-11-26(12-10-15)30(27,28)19-8-6-16-13-18(29-22(24)25)7-5-17(16)14-19/h1-5,7,13-15,22H,6,8-12H2. The quantitative estimate of drug-likeness (QED) is 0.667. The van der Waals surface area contributed by atoms with Crippen molar-refractivity contribution >= 4 is 16.1 Å². The summed E-state index contributed by atoms with van der Waals surface area (Å²) in [6.45, 7) is -2.22. The second kappa shape index (κ2) is 8.43. The van der Waals surface area contributed by atoms with E-state index in [0.29, 0.717) is 54.8 Å². The average Bonchev–Trinajstić information content (AvgIpc) is 2.73. The van der Waals surface area contributed by atoms with Crippen LogP contribution in [-0.4, -0.2) is 32.4 Å². The molecule has 4 rings (SSSR count). The maximum Gasteiger partial charge on any atom is 0.387 e. The molecule has 4 nitrogen and oxygen atoms in total. The summed E-state index contributed by atoms with van der Waals surface area (Å²) in [5.74, 6) is -0.175. The molecule has 0 radical (unpaired) electrons. The van der Waals surface area contributed by atoms with Crippen molar-refractivity contribution in [1.29, 1.82) is 0 Å². The lowest BCUT2D eigenvalue weighted by molar-refractivity contribution is -0.0498. The highest BCUT2D eigenvalue weighted by Crippen LogP contribution is 2.35. The molecule has 0 spiro atoms. The Kier molecular flexibility index (Phi) is 5.88. The molecule has 1 aliphatic heterocycles. The van der Waals surface area contributed by atoms with Crippen LogP contribution in [0.5, 0.6) is 5.75 Å². The second-order valence-corrected chi connectivity index (χ2v) is 9.54. The molecule has 2 aromatic rings. The van der Waals surface area contributed by atoms with Gasteiger partial charge in [0.15, 0.2) is 0 Å². The van der Waals surface area contributed by atoms with Crippen molar-refractivity contribution in [3.8, 4) is 5.75 Å². The molecular weight excluding hydrogens is 415 g/mol. The first-order chi connectivity index (χ1) is 14.3. The lowest BCUT2D eigenvalue weighted by Gasteiger charge is -2.32. The van der Waals surface area contributed by atoms with Crippen LogP contribution in [-0.2, 0) is 16.4 Å². The van der Waals surface area contributed by atoms with Crippen LogP contribution in [0.15, 0.2) is 47.4 Å². The van der Waals surface area contributed by atoms with Gasteiger partial charge in [0.1, 0.15) is 11.6 Å². The molecule has 0 unspecified atom stereocenters. The fraction of sp³-hybridized carbons (Fsp3) is 0.364. The van der Waals surface area contributed by atoms with Gasteiger partial charge in [-0.2, -0.15) is 13.1 Å². The van der Waals surface area contributed by atoms with Crippen LogP contribution in [0.2, 0.25) is 0 Å². The van der Waals surface area contributed by atoms with E-state index in [2.05, 4.69) is 4.74 Å². The number of piperidine rings is 1. The van der Waals surface area contributed by atoms with E-state index in [0.717, 1.165) is 5.56 Å². The number of aryl methyl sites for hydroxylation is 1. The Morgan fingerprint density at radius 3 is 2.47 bits per heavy atom.